The maximum Gasteiger partial charge on any atom is 0.264 e. The monoisotopic (exact) mass is 453 g/mol. The third kappa shape index (κ3) is 3.43. The van der Waals surface area contributed by atoms with Crippen LogP contribution in [0.25, 0.3) is 27.8 Å². The van der Waals surface area contributed by atoms with Crippen molar-refractivity contribution in [1.29, 1.82) is 0 Å². The molecule has 0 amide bonds. The van der Waals surface area contributed by atoms with Gasteiger partial charge in [0.05, 0.1) is 12.8 Å². The number of rotatable bonds is 4. The van der Waals surface area contributed by atoms with E-state index >= 15 is 0 Å². The number of nitrogens with zero attached hydrogens (tertiary/aromatic N) is 3. The lowest BCUT2D eigenvalue weighted by atomic mass is 10.1. The number of halogens is 1. The van der Waals surface area contributed by atoms with Crippen LogP contribution in [0.5, 0.6) is 5.75 Å². The Balaban J connectivity index is 2.03. The van der Waals surface area contributed by atoms with Crippen molar-refractivity contribution in [3.8, 4) is 22.6 Å². The molecule has 0 saturated carbocycles. The minimum absolute atomic E-state index is 0.134. The second-order valence-electron chi connectivity index (χ2n) is 6.04. The number of hydrogen-bond donors (Lipinski definition) is 0. The molecule has 0 spiro atoms. The second kappa shape index (κ2) is 7.77. The first-order chi connectivity index (χ1) is 13.6. The molecule has 140 valence electrons. The zero-order valence-corrected chi connectivity index (χ0v) is 17.6. The summed E-state index contributed by atoms with van der Waals surface area (Å²) in [7, 11) is 1.62. The average Bonchev–Trinajstić information content (AvgIpc) is 2.74. The fraction of sp³-hybridized carbons (Fsp3) is 0.0952. The SMILES string of the molecule is COc1ccc(-c2cc3cnc(SC)nc3n(-c3ccc(Br)cc3)c2=O)cc1. The number of aromatic nitrogens is 3. The Kier molecular flexibility index (Phi) is 5.19. The molecule has 2 aromatic heterocycles. The molecule has 0 unspecified atom stereocenters. The largest absolute Gasteiger partial charge is 0.497 e. The average molecular weight is 454 g/mol. The molecular formula is C21H16BrN3O2S. The fourth-order valence-corrected chi connectivity index (χ4v) is 3.59. The van der Waals surface area contributed by atoms with Crippen molar-refractivity contribution in [2.45, 2.75) is 5.16 Å². The lowest BCUT2D eigenvalue weighted by Gasteiger charge is -2.13. The number of fused-ring (bicyclic) bond motifs is 1. The molecular weight excluding hydrogens is 438 g/mol. The Morgan fingerprint density at radius 2 is 1.79 bits per heavy atom. The van der Waals surface area contributed by atoms with E-state index in [1.54, 1.807) is 17.9 Å². The van der Waals surface area contributed by atoms with Crippen LogP contribution in [-0.2, 0) is 0 Å². The molecule has 0 atom stereocenters. The van der Waals surface area contributed by atoms with Gasteiger partial charge in [-0.05, 0) is 54.3 Å². The molecule has 0 aliphatic heterocycles. The van der Waals surface area contributed by atoms with E-state index in [0.29, 0.717) is 16.4 Å². The number of pyridine rings is 1. The van der Waals surface area contributed by atoms with Gasteiger partial charge in [0.2, 0.25) is 0 Å². The molecule has 0 fully saturated rings. The van der Waals surface area contributed by atoms with Crippen molar-refractivity contribution in [1.82, 2.24) is 14.5 Å². The third-order valence-electron chi connectivity index (χ3n) is 4.39. The summed E-state index contributed by atoms with van der Waals surface area (Å²) in [5, 5.41) is 1.42. The summed E-state index contributed by atoms with van der Waals surface area (Å²) in [6, 6.07) is 16.9. The van der Waals surface area contributed by atoms with Crippen LogP contribution in [0.2, 0.25) is 0 Å². The van der Waals surface area contributed by atoms with E-state index in [1.807, 2.05) is 60.9 Å². The van der Waals surface area contributed by atoms with E-state index in [4.69, 9.17) is 4.74 Å². The number of methoxy groups -OCH3 is 1. The molecule has 2 heterocycles. The minimum atomic E-state index is -0.134. The number of benzene rings is 2. The molecule has 0 N–H and O–H groups in total. The highest BCUT2D eigenvalue weighted by Gasteiger charge is 2.15. The second-order valence-corrected chi connectivity index (χ2v) is 7.73. The Morgan fingerprint density at radius 3 is 2.43 bits per heavy atom. The molecule has 4 aromatic rings. The maximum atomic E-state index is 13.5. The number of ether oxygens (including phenoxy) is 1. The van der Waals surface area contributed by atoms with Gasteiger partial charge in [-0.15, -0.1) is 0 Å². The maximum absolute atomic E-state index is 13.5. The van der Waals surface area contributed by atoms with E-state index in [9.17, 15) is 4.79 Å². The molecule has 28 heavy (non-hydrogen) atoms. The van der Waals surface area contributed by atoms with Crippen LogP contribution in [0.4, 0.5) is 0 Å². The number of thioether (sulfide) groups is 1. The predicted octanol–water partition coefficient (Wildman–Crippen LogP) is 4.94. The Hall–Kier alpha value is -2.64. The third-order valence-corrected chi connectivity index (χ3v) is 5.48. The van der Waals surface area contributed by atoms with Gasteiger partial charge in [-0.2, -0.15) is 0 Å². The summed E-state index contributed by atoms with van der Waals surface area (Å²) >= 11 is 4.89. The molecule has 4 rings (SSSR count). The summed E-state index contributed by atoms with van der Waals surface area (Å²) in [5.41, 5.74) is 2.60. The summed E-state index contributed by atoms with van der Waals surface area (Å²) in [4.78, 5) is 22.4. The van der Waals surface area contributed by atoms with Crippen molar-refractivity contribution in [3.63, 3.8) is 0 Å². The molecule has 7 heteroatoms. The highest BCUT2D eigenvalue weighted by molar-refractivity contribution is 9.10. The van der Waals surface area contributed by atoms with Gasteiger partial charge < -0.3 is 4.74 Å². The Labute approximate surface area is 174 Å². The van der Waals surface area contributed by atoms with Crippen LogP contribution in [0.3, 0.4) is 0 Å². The van der Waals surface area contributed by atoms with Gasteiger partial charge in [0.1, 0.15) is 5.75 Å². The van der Waals surface area contributed by atoms with E-state index in [2.05, 4.69) is 25.9 Å². The topological polar surface area (TPSA) is 57.0 Å². The van der Waals surface area contributed by atoms with Crippen LogP contribution in [0.1, 0.15) is 0 Å². The van der Waals surface area contributed by atoms with E-state index < -0.39 is 0 Å². The van der Waals surface area contributed by atoms with Gasteiger partial charge in [-0.3, -0.25) is 9.36 Å². The quantitative estimate of drug-likeness (QED) is 0.323. The normalized spacial score (nSPS) is 11.0. The van der Waals surface area contributed by atoms with Gasteiger partial charge >= 0.3 is 0 Å². The van der Waals surface area contributed by atoms with Gasteiger partial charge in [0.25, 0.3) is 5.56 Å². The zero-order valence-electron chi connectivity index (χ0n) is 15.2. The standard InChI is InChI=1S/C21H16BrN3O2S/c1-27-17-9-3-13(4-10-17)18-11-14-12-23-21(28-2)24-19(14)25(20(18)26)16-7-5-15(22)6-8-16/h3-12H,1-2H3. The Bertz CT molecular complexity index is 1210. The van der Waals surface area contributed by atoms with Crippen molar-refractivity contribution in [2.24, 2.45) is 0 Å². The molecule has 0 radical (unpaired) electrons. The molecule has 2 aromatic carbocycles. The van der Waals surface area contributed by atoms with Crippen LogP contribution >= 0.6 is 27.7 Å². The van der Waals surface area contributed by atoms with Crippen molar-refractivity contribution in [3.05, 3.63) is 75.6 Å². The fourth-order valence-electron chi connectivity index (χ4n) is 2.99. The number of hydrogen-bond acceptors (Lipinski definition) is 5. The summed E-state index contributed by atoms with van der Waals surface area (Å²) in [6.07, 6.45) is 3.67. The molecule has 0 aliphatic carbocycles. The van der Waals surface area contributed by atoms with Gasteiger partial charge in [0, 0.05) is 21.6 Å². The van der Waals surface area contributed by atoms with Crippen LogP contribution in [-0.4, -0.2) is 27.9 Å². The molecule has 0 bridgehead atoms. The van der Waals surface area contributed by atoms with Crippen LogP contribution in [0.15, 0.2) is 75.2 Å². The first-order valence-electron chi connectivity index (χ1n) is 8.48. The molecule has 0 saturated heterocycles. The van der Waals surface area contributed by atoms with Crippen molar-refractivity contribution in [2.75, 3.05) is 13.4 Å². The van der Waals surface area contributed by atoms with Gasteiger partial charge in [-0.1, -0.05) is 39.8 Å². The van der Waals surface area contributed by atoms with Gasteiger partial charge in [0.15, 0.2) is 10.8 Å². The lowest BCUT2D eigenvalue weighted by Crippen LogP contribution is -2.21. The van der Waals surface area contributed by atoms with E-state index in [0.717, 1.165) is 26.9 Å². The first-order valence-corrected chi connectivity index (χ1v) is 10.5. The first kappa shape index (κ1) is 18.7. The van der Waals surface area contributed by atoms with E-state index in [1.165, 1.54) is 11.8 Å². The predicted molar refractivity (Wildman–Crippen MR) is 117 cm³/mol. The molecule has 0 aliphatic rings. The highest BCUT2D eigenvalue weighted by atomic mass is 79.9. The molecule has 5 nitrogen and oxygen atoms in total. The smallest absolute Gasteiger partial charge is 0.264 e. The zero-order chi connectivity index (χ0) is 19.7. The van der Waals surface area contributed by atoms with Crippen molar-refractivity contribution >= 4 is 38.7 Å². The van der Waals surface area contributed by atoms with Crippen molar-refractivity contribution < 1.29 is 4.74 Å². The summed E-state index contributed by atoms with van der Waals surface area (Å²) in [5.74, 6) is 0.741. The lowest BCUT2D eigenvalue weighted by molar-refractivity contribution is 0.415. The Morgan fingerprint density at radius 1 is 1.07 bits per heavy atom. The highest BCUT2D eigenvalue weighted by Crippen LogP contribution is 2.25. The van der Waals surface area contributed by atoms with Crippen LogP contribution < -0.4 is 10.3 Å². The van der Waals surface area contributed by atoms with Gasteiger partial charge in [-0.25, -0.2) is 9.97 Å². The van der Waals surface area contributed by atoms with E-state index in [-0.39, 0.29) is 5.56 Å². The van der Waals surface area contributed by atoms with Crippen LogP contribution in [0, 0.1) is 0 Å². The summed E-state index contributed by atoms with van der Waals surface area (Å²) < 4.78 is 7.81. The summed E-state index contributed by atoms with van der Waals surface area (Å²) in [6.45, 7) is 0. The minimum Gasteiger partial charge on any atom is -0.497 e.